The highest BCUT2D eigenvalue weighted by atomic mass is 127. The van der Waals surface area contributed by atoms with E-state index in [1.807, 2.05) is 22.6 Å². The minimum absolute atomic E-state index is 0.0441. The summed E-state index contributed by atoms with van der Waals surface area (Å²) in [5, 5.41) is 2.57. The predicted molar refractivity (Wildman–Crippen MR) is 64.3 cm³/mol. The minimum Gasteiger partial charge on any atom is -0.324 e. The van der Waals surface area contributed by atoms with E-state index in [-0.39, 0.29) is 11.6 Å². The molecule has 0 bridgehead atoms. The molecule has 0 saturated carbocycles. The summed E-state index contributed by atoms with van der Waals surface area (Å²) < 4.78 is 39.3. The fourth-order valence-electron chi connectivity index (χ4n) is 1.13. The molecule has 0 aliphatic rings. The van der Waals surface area contributed by atoms with Crippen molar-refractivity contribution in [2.24, 2.45) is 0 Å². The van der Waals surface area contributed by atoms with Crippen molar-refractivity contribution in [3.8, 4) is 0 Å². The maximum Gasteiger partial charge on any atom is 0.227 e. The average molecular weight is 351 g/mol. The number of benzene rings is 1. The van der Waals surface area contributed by atoms with Gasteiger partial charge in [-0.15, -0.1) is 0 Å². The SMILES string of the molecule is Fc1cc(Nc2ncc(I)cn2)cc(F)c1F. The second kappa shape index (κ2) is 4.86. The zero-order valence-electron chi connectivity index (χ0n) is 8.22. The molecule has 2 rings (SSSR count). The lowest BCUT2D eigenvalue weighted by molar-refractivity contribution is 0.448. The topological polar surface area (TPSA) is 37.8 Å². The van der Waals surface area contributed by atoms with Gasteiger partial charge in [0.05, 0.1) is 0 Å². The van der Waals surface area contributed by atoms with Crippen LogP contribution in [0.4, 0.5) is 24.8 Å². The molecular weight excluding hydrogens is 346 g/mol. The van der Waals surface area contributed by atoms with Crippen LogP contribution in [-0.2, 0) is 0 Å². The molecule has 1 aromatic carbocycles. The van der Waals surface area contributed by atoms with E-state index in [2.05, 4.69) is 15.3 Å². The molecule has 0 amide bonds. The van der Waals surface area contributed by atoms with Crippen LogP contribution in [0.3, 0.4) is 0 Å². The van der Waals surface area contributed by atoms with Gasteiger partial charge in [-0.3, -0.25) is 0 Å². The quantitative estimate of drug-likeness (QED) is 0.667. The van der Waals surface area contributed by atoms with Crippen molar-refractivity contribution in [2.75, 3.05) is 5.32 Å². The molecule has 2 aromatic rings. The number of anilines is 2. The molecule has 17 heavy (non-hydrogen) atoms. The van der Waals surface area contributed by atoms with Gasteiger partial charge in [0.15, 0.2) is 17.5 Å². The van der Waals surface area contributed by atoms with E-state index in [1.165, 1.54) is 12.4 Å². The number of hydrogen-bond acceptors (Lipinski definition) is 3. The Hall–Kier alpha value is -1.38. The fourth-order valence-corrected chi connectivity index (χ4v) is 1.41. The molecule has 0 aliphatic heterocycles. The molecule has 7 heteroatoms. The Morgan fingerprint density at radius 1 is 1.00 bits per heavy atom. The zero-order chi connectivity index (χ0) is 12.4. The second-order valence-corrected chi connectivity index (χ2v) is 4.35. The summed E-state index contributed by atoms with van der Waals surface area (Å²) in [5.74, 6) is -3.86. The number of aromatic nitrogens is 2. The molecule has 1 N–H and O–H groups in total. The molecule has 88 valence electrons. The maximum absolute atomic E-state index is 12.9. The fraction of sp³-hybridized carbons (Fsp3) is 0. The van der Waals surface area contributed by atoms with Crippen LogP contribution in [0.15, 0.2) is 24.5 Å². The van der Waals surface area contributed by atoms with Crippen molar-refractivity contribution in [3.05, 3.63) is 45.5 Å². The van der Waals surface area contributed by atoms with Gasteiger partial charge in [0.25, 0.3) is 0 Å². The lowest BCUT2D eigenvalue weighted by Gasteiger charge is -2.05. The molecule has 0 unspecified atom stereocenters. The number of hydrogen-bond donors (Lipinski definition) is 1. The van der Waals surface area contributed by atoms with E-state index >= 15 is 0 Å². The van der Waals surface area contributed by atoms with Gasteiger partial charge in [-0.05, 0) is 22.6 Å². The van der Waals surface area contributed by atoms with Crippen LogP contribution in [-0.4, -0.2) is 9.97 Å². The predicted octanol–water partition coefficient (Wildman–Crippen LogP) is 3.24. The molecule has 1 heterocycles. The third kappa shape index (κ3) is 2.84. The van der Waals surface area contributed by atoms with Crippen molar-refractivity contribution in [1.29, 1.82) is 0 Å². The van der Waals surface area contributed by atoms with Gasteiger partial charge >= 0.3 is 0 Å². The van der Waals surface area contributed by atoms with Gasteiger partial charge in [-0.25, -0.2) is 23.1 Å². The molecule has 0 fully saturated rings. The van der Waals surface area contributed by atoms with Crippen molar-refractivity contribution in [3.63, 3.8) is 0 Å². The van der Waals surface area contributed by atoms with Crippen LogP contribution in [0.5, 0.6) is 0 Å². The molecule has 0 aliphatic carbocycles. The molecule has 1 aromatic heterocycles. The van der Waals surface area contributed by atoms with Gasteiger partial charge in [0.2, 0.25) is 5.95 Å². The standard InChI is InChI=1S/C10H5F3IN3/c11-7-1-6(2-8(12)9(7)13)17-10-15-3-5(14)4-16-10/h1-4H,(H,15,16,17). The third-order valence-electron chi connectivity index (χ3n) is 1.86. The molecule has 0 radical (unpaired) electrons. The molecule has 0 saturated heterocycles. The highest BCUT2D eigenvalue weighted by Crippen LogP contribution is 2.19. The first-order valence-electron chi connectivity index (χ1n) is 4.45. The van der Waals surface area contributed by atoms with Crippen LogP contribution in [0.25, 0.3) is 0 Å². The van der Waals surface area contributed by atoms with E-state index in [0.29, 0.717) is 0 Å². The summed E-state index contributed by atoms with van der Waals surface area (Å²) in [7, 11) is 0. The monoisotopic (exact) mass is 351 g/mol. The van der Waals surface area contributed by atoms with Crippen LogP contribution >= 0.6 is 22.6 Å². The van der Waals surface area contributed by atoms with E-state index in [0.717, 1.165) is 15.7 Å². The number of rotatable bonds is 2. The summed E-state index contributed by atoms with van der Waals surface area (Å²) in [6.45, 7) is 0. The smallest absolute Gasteiger partial charge is 0.227 e. The number of nitrogens with zero attached hydrogens (tertiary/aromatic N) is 2. The van der Waals surface area contributed by atoms with Gasteiger partial charge in [0, 0.05) is 33.8 Å². The van der Waals surface area contributed by atoms with Crippen LogP contribution < -0.4 is 5.32 Å². The average Bonchev–Trinajstić information content (AvgIpc) is 2.29. The Balaban J connectivity index is 2.27. The summed E-state index contributed by atoms with van der Waals surface area (Å²) in [5.41, 5.74) is 0.0441. The summed E-state index contributed by atoms with van der Waals surface area (Å²) >= 11 is 2.02. The third-order valence-corrected chi connectivity index (χ3v) is 2.42. The van der Waals surface area contributed by atoms with E-state index in [9.17, 15) is 13.2 Å². The van der Waals surface area contributed by atoms with E-state index < -0.39 is 17.5 Å². The van der Waals surface area contributed by atoms with E-state index in [4.69, 9.17) is 0 Å². The Bertz CT molecular complexity index is 522. The van der Waals surface area contributed by atoms with Crippen LogP contribution in [0.2, 0.25) is 0 Å². The Morgan fingerprint density at radius 3 is 2.06 bits per heavy atom. The Labute approximate surface area is 108 Å². The first kappa shape index (κ1) is 12.1. The van der Waals surface area contributed by atoms with Gasteiger partial charge in [-0.2, -0.15) is 0 Å². The molecule has 3 nitrogen and oxygen atoms in total. The van der Waals surface area contributed by atoms with Crippen LogP contribution in [0.1, 0.15) is 0 Å². The maximum atomic E-state index is 12.9. The van der Waals surface area contributed by atoms with E-state index in [1.54, 1.807) is 0 Å². The van der Waals surface area contributed by atoms with Gasteiger partial charge in [-0.1, -0.05) is 0 Å². The normalized spacial score (nSPS) is 10.4. The number of halogens is 4. The summed E-state index contributed by atoms with van der Waals surface area (Å²) in [6.07, 6.45) is 3.07. The van der Waals surface area contributed by atoms with Crippen molar-refractivity contribution in [2.45, 2.75) is 0 Å². The second-order valence-electron chi connectivity index (χ2n) is 3.10. The number of nitrogens with one attached hydrogen (secondary N) is 1. The zero-order valence-corrected chi connectivity index (χ0v) is 10.4. The van der Waals surface area contributed by atoms with Gasteiger partial charge in [0.1, 0.15) is 0 Å². The lowest BCUT2D eigenvalue weighted by atomic mass is 10.3. The Kier molecular flexibility index (Phi) is 3.46. The van der Waals surface area contributed by atoms with Crippen molar-refractivity contribution >= 4 is 34.2 Å². The largest absolute Gasteiger partial charge is 0.324 e. The summed E-state index contributed by atoms with van der Waals surface area (Å²) in [4.78, 5) is 7.77. The van der Waals surface area contributed by atoms with Gasteiger partial charge < -0.3 is 5.32 Å². The lowest BCUT2D eigenvalue weighted by Crippen LogP contribution is -1.99. The molecule has 0 atom stereocenters. The Morgan fingerprint density at radius 2 is 1.53 bits per heavy atom. The molecule has 0 spiro atoms. The summed E-state index contributed by atoms with van der Waals surface area (Å²) in [6, 6.07) is 1.67. The van der Waals surface area contributed by atoms with Crippen molar-refractivity contribution in [1.82, 2.24) is 9.97 Å². The first-order valence-corrected chi connectivity index (χ1v) is 5.53. The highest BCUT2D eigenvalue weighted by molar-refractivity contribution is 14.1. The molecular formula is C10H5F3IN3. The highest BCUT2D eigenvalue weighted by Gasteiger charge is 2.10. The van der Waals surface area contributed by atoms with Crippen molar-refractivity contribution < 1.29 is 13.2 Å². The first-order chi connectivity index (χ1) is 8.06. The van der Waals surface area contributed by atoms with Crippen LogP contribution in [0, 0.1) is 21.0 Å². The minimum atomic E-state index is -1.50.